The third kappa shape index (κ3) is 3.98. The number of hydrogen-bond acceptors (Lipinski definition) is 4. The van der Waals surface area contributed by atoms with Gasteiger partial charge in [-0.15, -0.1) is 0 Å². The minimum absolute atomic E-state index is 0.00548. The Labute approximate surface area is 156 Å². The average molecular weight is 414 g/mol. The number of hydrogen-bond donors (Lipinski definition) is 0. The smallest absolute Gasteiger partial charge is 0.406 e. The zero-order chi connectivity index (χ0) is 20.0. The van der Waals surface area contributed by atoms with Crippen molar-refractivity contribution in [1.82, 2.24) is 0 Å². The summed E-state index contributed by atoms with van der Waals surface area (Å²) in [4.78, 5) is 12.4. The molecule has 9 heteroatoms. The van der Waals surface area contributed by atoms with Crippen LogP contribution in [0.4, 0.5) is 17.6 Å². The first kappa shape index (κ1) is 20.9. The highest BCUT2D eigenvalue weighted by atomic mass is 32.2. The Morgan fingerprint density at radius 2 is 1.48 bits per heavy atom. The maximum atomic E-state index is 13.5. The second-order valence-electron chi connectivity index (χ2n) is 8.57. The van der Waals surface area contributed by atoms with Crippen LogP contribution in [-0.2, 0) is 19.4 Å². The number of ether oxygens (including phenoxy) is 1. The van der Waals surface area contributed by atoms with Crippen molar-refractivity contribution >= 4 is 15.8 Å². The molecule has 4 aliphatic carbocycles. The van der Waals surface area contributed by atoms with Crippen molar-refractivity contribution in [2.45, 2.75) is 62.5 Å². The molecule has 156 valence electrons. The van der Waals surface area contributed by atoms with Crippen LogP contribution in [0.15, 0.2) is 0 Å². The molecule has 0 aromatic rings. The largest absolute Gasteiger partial charge is 0.465 e. The summed E-state index contributed by atoms with van der Waals surface area (Å²) in [7, 11) is -5.21. The van der Waals surface area contributed by atoms with Gasteiger partial charge >= 0.3 is 17.1 Å². The normalized spacial score (nSPS) is 33.3. The molecular weight excluding hydrogens is 388 g/mol. The fourth-order valence-electron chi connectivity index (χ4n) is 5.44. The highest BCUT2D eigenvalue weighted by molar-refractivity contribution is 7.91. The van der Waals surface area contributed by atoms with Gasteiger partial charge in [-0.3, -0.25) is 4.79 Å². The Morgan fingerprint density at radius 1 is 0.963 bits per heavy atom. The first-order valence-corrected chi connectivity index (χ1v) is 11.4. The van der Waals surface area contributed by atoms with Gasteiger partial charge < -0.3 is 4.74 Å². The Kier molecular flexibility index (Phi) is 5.56. The van der Waals surface area contributed by atoms with Crippen molar-refractivity contribution in [3.05, 3.63) is 0 Å². The van der Waals surface area contributed by atoms with Gasteiger partial charge in [0.1, 0.15) is 0 Å². The van der Waals surface area contributed by atoms with Gasteiger partial charge in [-0.05, 0) is 68.6 Å². The zero-order valence-corrected chi connectivity index (χ0v) is 16.1. The van der Waals surface area contributed by atoms with Gasteiger partial charge in [0, 0.05) is 12.7 Å². The van der Waals surface area contributed by atoms with Crippen molar-refractivity contribution in [3.63, 3.8) is 0 Å². The molecule has 27 heavy (non-hydrogen) atoms. The second kappa shape index (κ2) is 7.19. The van der Waals surface area contributed by atoms with E-state index in [1.807, 2.05) is 0 Å². The second-order valence-corrected chi connectivity index (χ2v) is 10.6. The van der Waals surface area contributed by atoms with Crippen molar-refractivity contribution in [2.75, 3.05) is 12.9 Å². The summed E-state index contributed by atoms with van der Waals surface area (Å²) in [6.45, 7) is -0.109. The molecule has 0 saturated heterocycles. The highest BCUT2D eigenvalue weighted by Crippen LogP contribution is 2.56. The Balaban J connectivity index is 1.42. The minimum atomic E-state index is -5.21. The van der Waals surface area contributed by atoms with Crippen LogP contribution in [0.25, 0.3) is 0 Å². The van der Waals surface area contributed by atoms with E-state index in [0.717, 1.165) is 37.5 Å². The van der Waals surface area contributed by atoms with Gasteiger partial charge in [0.15, 0.2) is 0 Å². The number of carbonyl (C=O) groups excluding carboxylic acids is 1. The van der Waals surface area contributed by atoms with Crippen LogP contribution >= 0.6 is 0 Å². The molecule has 0 aliphatic heterocycles. The molecule has 4 saturated carbocycles. The number of rotatable bonds is 8. The fraction of sp³-hybridized carbons (Fsp3) is 0.944. The van der Waals surface area contributed by atoms with E-state index in [2.05, 4.69) is 0 Å². The van der Waals surface area contributed by atoms with Gasteiger partial charge in [0.05, 0.1) is 12.5 Å². The standard InChI is InChI=1S/C18H26F4O4S/c1-27(24,25)18(21,22)17(19,20)4-2-3-5-26-16(23)15-13-7-11-6-12(9-13)10-14(15)8-11/h11-15H,2-10H2,1H3. The number of unbranched alkanes of at least 4 members (excludes halogenated alkanes) is 1. The molecular formula is C18H26F4O4S. The number of carbonyl (C=O) groups is 1. The van der Waals surface area contributed by atoms with Crippen LogP contribution in [0.2, 0.25) is 0 Å². The molecule has 0 N–H and O–H groups in total. The predicted octanol–water partition coefficient (Wildman–Crippen LogP) is 4.04. The maximum absolute atomic E-state index is 13.5. The van der Waals surface area contributed by atoms with Crippen molar-refractivity contribution < 1.29 is 35.5 Å². The Bertz CT molecular complexity index is 649. The molecule has 4 fully saturated rings. The molecule has 0 atom stereocenters. The SMILES string of the molecule is CS(=O)(=O)C(F)(F)C(F)(F)CCCCOC(=O)C1C2CC3CC(C2)CC1C3. The molecule has 4 aliphatic rings. The van der Waals surface area contributed by atoms with Gasteiger partial charge in [-0.25, -0.2) is 8.42 Å². The first-order valence-electron chi connectivity index (χ1n) is 9.54. The van der Waals surface area contributed by atoms with Crippen LogP contribution in [0.3, 0.4) is 0 Å². The Morgan fingerprint density at radius 3 is 1.96 bits per heavy atom. The molecule has 4 rings (SSSR count). The molecule has 0 radical (unpaired) electrons. The molecule has 0 aromatic heterocycles. The lowest BCUT2D eigenvalue weighted by atomic mass is 9.52. The van der Waals surface area contributed by atoms with Gasteiger partial charge in [0.25, 0.3) is 0 Å². The summed E-state index contributed by atoms with van der Waals surface area (Å²) in [5.41, 5.74) is 0. The van der Waals surface area contributed by atoms with Crippen LogP contribution in [0, 0.1) is 29.6 Å². The van der Waals surface area contributed by atoms with E-state index < -0.39 is 27.4 Å². The summed E-state index contributed by atoms with van der Waals surface area (Å²) in [5, 5.41) is -5.10. The van der Waals surface area contributed by atoms with Crippen LogP contribution in [0.5, 0.6) is 0 Å². The third-order valence-electron chi connectivity index (χ3n) is 6.52. The molecule has 0 heterocycles. The van der Waals surface area contributed by atoms with E-state index in [9.17, 15) is 30.8 Å². The lowest BCUT2D eigenvalue weighted by Crippen LogP contribution is -2.48. The van der Waals surface area contributed by atoms with Gasteiger partial charge in [-0.1, -0.05) is 0 Å². The van der Waals surface area contributed by atoms with E-state index in [-0.39, 0.29) is 37.6 Å². The predicted molar refractivity (Wildman–Crippen MR) is 90.1 cm³/mol. The lowest BCUT2D eigenvalue weighted by Gasteiger charge is -2.53. The quantitative estimate of drug-likeness (QED) is 0.342. The molecule has 0 aromatic carbocycles. The molecule has 0 unspecified atom stereocenters. The summed E-state index contributed by atoms with van der Waals surface area (Å²) in [6.07, 6.45) is 3.94. The summed E-state index contributed by atoms with van der Waals surface area (Å²) < 4.78 is 80.7. The summed E-state index contributed by atoms with van der Waals surface area (Å²) in [6, 6.07) is 0. The van der Waals surface area contributed by atoms with E-state index in [0.29, 0.717) is 11.8 Å². The number of esters is 1. The van der Waals surface area contributed by atoms with Crippen LogP contribution in [-0.4, -0.2) is 38.4 Å². The maximum Gasteiger partial charge on any atom is 0.406 e. The summed E-state index contributed by atoms with van der Waals surface area (Å²) >= 11 is 0. The van der Waals surface area contributed by atoms with E-state index >= 15 is 0 Å². The van der Waals surface area contributed by atoms with Crippen molar-refractivity contribution in [3.8, 4) is 0 Å². The lowest BCUT2D eigenvalue weighted by molar-refractivity contribution is -0.165. The number of halogens is 4. The molecule has 0 spiro atoms. The average Bonchev–Trinajstić information content (AvgIpc) is 2.52. The fourth-order valence-corrected chi connectivity index (χ4v) is 6.09. The minimum Gasteiger partial charge on any atom is -0.465 e. The van der Waals surface area contributed by atoms with Crippen molar-refractivity contribution in [2.24, 2.45) is 29.6 Å². The zero-order valence-electron chi connectivity index (χ0n) is 15.3. The van der Waals surface area contributed by atoms with Crippen LogP contribution in [0.1, 0.15) is 51.4 Å². The van der Waals surface area contributed by atoms with Gasteiger partial charge in [0.2, 0.25) is 9.84 Å². The highest BCUT2D eigenvalue weighted by Gasteiger charge is 2.63. The van der Waals surface area contributed by atoms with Crippen molar-refractivity contribution in [1.29, 1.82) is 0 Å². The van der Waals surface area contributed by atoms with E-state index in [1.165, 1.54) is 6.42 Å². The van der Waals surface area contributed by atoms with E-state index in [1.54, 1.807) is 0 Å². The molecule has 4 bridgehead atoms. The number of sulfone groups is 1. The number of alkyl halides is 4. The summed E-state index contributed by atoms with van der Waals surface area (Å²) in [5.74, 6) is -2.92. The first-order chi connectivity index (χ1) is 12.4. The molecule has 4 nitrogen and oxygen atoms in total. The third-order valence-corrected chi connectivity index (χ3v) is 7.75. The Hall–Kier alpha value is -0.860. The van der Waals surface area contributed by atoms with E-state index in [4.69, 9.17) is 4.74 Å². The van der Waals surface area contributed by atoms with Gasteiger partial charge in [-0.2, -0.15) is 17.6 Å². The van der Waals surface area contributed by atoms with Crippen LogP contribution < -0.4 is 0 Å². The molecule has 0 amide bonds. The monoisotopic (exact) mass is 414 g/mol. The topological polar surface area (TPSA) is 60.4 Å².